The van der Waals surface area contributed by atoms with Gasteiger partial charge in [0.2, 0.25) is 5.91 Å². The van der Waals surface area contributed by atoms with Crippen molar-refractivity contribution in [1.29, 1.82) is 0 Å². The number of nitrogens with zero attached hydrogens (tertiary/aromatic N) is 3. The number of aromatic nitrogens is 2. The average Bonchev–Trinajstić information content (AvgIpc) is 2.96. The number of nitrogens with one attached hydrogen (secondary N) is 1. The van der Waals surface area contributed by atoms with Gasteiger partial charge in [-0.1, -0.05) is 18.6 Å². The molecule has 1 aliphatic heterocycles. The van der Waals surface area contributed by atoms with Gasteiger partial charge >= 0.3 is 0 Å². The van der Waals surface area contributed by atoms with E-state index in [0.717, 1.165) is 42.4 Å². The van der Waals surface area contributed by atoms with E-state index in [-0.39, 0.29) is 11.9 Å². The maximum atomic E-state index is 12.0. The van der Waals surface area contributed by atoms with E-state index >= 15 is 0 Å². The highest BCUT2D eigenvalue weighted by Gasteiger charge is 2.28. The Kier molecular flexibility index (Phi) is 3.64. The van der Waals surface area contributed by atoms with Crippen LogP contribution in [0.3, 0.4) is 0 Å². The highest BCUT2D eigenvalue weighted by atomic mass is 16.6. The SMILES string of the molecule is CNC(=O)[C@H]1CCCCN1Cc1cccc2nonc12. The molecule has 6 nitrogen and oxygen atoms in total. The summed E-state index contributed by atoms with van der Waals surface area (Å²) in [4.78, 5) is 14.2. The molecular formula is C14H18N4O2. The number of hydrogen-bond donors (Lipinski definition) is 1. The van der Waals surface area contributed by atoms with Crippen LogP contribution >= 0.6 is 0 Å². The lowest BCUT2D eigenvalue weighted by Gasteiger charge is -2.34. The van der Waals surface area contributed by atoms with E-state index in [2.05, 4.69) is 20.5 Å². The first-order valence-corrected chi connectivity index (χ1v) is 6.95. The van der Waals surface area contributed by atoms with E-state index in [1.807, 2.05) is 18.2 Å². The largest absolute Gasteiger partial charge is 0.358 e. The predicted octanol–water partition coefficient (Wildman–Crippen LogP) is 1.32. The molecule has 1 atom stereocenters. The molecule has 2 aromatic rings. The minimum Gasteiger partial charge on any atom is -0.358 e. The zero-order valence-electron chi connectivity index (χ0n) is 11.5. The lowest BCUT2D eigenvalue weighted by molar-refractivity contribution is -0.127. The molecule has 1 aromatic heterocycles. The topological polar surface area (TPSA) is 71.3 Å². The van der Waals surface area contributed by atoms with Crippen molar-refractivity contribution in [2.75, 3.05) is 13.6 Å². The van der Waals surface area contributed by atoms with Crippen molar-refractivity contribution in [2.45, 2.75) is 31.8 Å². The Hall–Kier alpha value is -1.95. The number of benzene rings is 1. The minimum absolute atomic E-state index is 0.0520. The molecule has 0 saturated carbocycles. The first-order valence-electron chi connectivity index (χ1n) is 6.95. The standard InChI is InChI=1S/C14H18N4O2/c1-15-14(19)12-7-2-3-8-18(12)9-10-5-4-6-11-13(10)17-20-16-11/h4-6,12H,2-3,7-9H2,1H3,(H,15,19)/t12-/m1/s1. The first-order chi connectivity index (χ1) is 9.79. The van der Waals surface area contributed by atoms with E-state index in [4.69, 9.17) is 4.63 Å². The fourth-order valence-electron chi connectivity index (χ4n) is 2.85. The second kappa shape index (κ2) is 5.58. The van der Waals surface area contributed by atoms with Crippen molar-refractivity contribution in [3.05, 3.63) is 23.8 Å². The Labute approximate surface area is 117 Å². The van der Waals surface area contributed by atoms with Crippen LogP contribution in [0.25, 0.3) is 11.0 Å². The molecule has 0 radical (unpaired) electrons. The Morgan fingerprint density at radius 2 is 2.35 bits per heavy atom. The van der Waals surface area contributed by atoms with Gasteiger partial charge in [0.1, 0.15) is 11.0 Å². The molecule has 1 amide bonds. The van der Waals surface area contributed by atoms with Gasteiger partial charge in [0, 0.05) is 13.6 Å². The van der Waals surface area contributed by atoms with Gasteiger partial charge in [-0.3, -0.25) is 9.69 Å². The zero-order chi connectivity index (χ0) is 13.9. The Morgan fingerprint density at radius 3 is 3.20 bits per heavy atom. The average molecular weight is 274 g/mol. The summed E-state index contributed by atoms with van der Waals surface area (Å²) in [6.07, 6.45) is 3.14. The third kappa shape index (κ3) is 2.38. The van der Waals surface area contributed by atoms with Crippen LogP contribution in [0.4, 0.5) is 0 Å². The van der Waals surface area contributed by atoms with Gasteiger partial charge in [-0.05, 0) is 41.3 Å². The number of carbonyl (C=O) groups is 1. The van der Waals surface area contributed by atoms with Crippen molar-refractivity contribution in [3.63, 3.8) is 0 Å². The van der Waals surface area contributed by atoms with E-state index in [0.29, 0.717) is 6.54 Å². The van der Waals surface area contributed by atoms with Gasteiger partial charge in [-0.2, -0.15) is 0 Å². The molecule has 1 fully saturated rings. The lowest BCUT2D eigenvalue weighted by atomic mass is 10.00. The molecule has 0 bridgehead atoms. The van der Waals surface area contributed by atoms with Crippen LogP contribution in [0.15, 0.2) is 22.8 Å². The quantitative estimate of drug-likeness (QED) is 0.914. The molecule has 1 aliphatic rings. The molecule has 20 heavy (non-hydrogen) atoms. The van der Waals surface area contributed by atoms with E-state index < -0.39 is 0 Å². The Bertz CT molecular complexity index is 610. The number of likely N-dealkylation sites (tertiary alicyclic amines) is 1. The van der Waals surface area contributed by atoms with E-state index in [1.54, 1.807) is 7.05 Å². The fourth-order valence-corrected chi connectivity index (χ4v) is 2.85. The fraction of sp³-hybridized carbons (Fsp3) is 0.500. The second-order valence-electron chi connectivity index (χ2n) is 5.15. The van der Waals surface area contributed by atoms with Crippen molar-refractivity contribution < 1.29 is 9.42 Å². The van der Waals surface area contributed by atoms with Gasteiger partial charge in [0.15, 0.2) is 0 Å². The zero-order valence-corrected chi connectivity index (χ0v) is 11.5. The molecular weight excluding hydrogens is 256 g/mol. The summed E-state index contributed by atoms with van der Waals surface area (Å²) in [5.74, 6) is 0.0927. The molecule has 106 valence electrons. The molecule has 1 aromatic carbocycles. The van der Waals surface area contributed by atoms with Crippen LogP contribution < -0.4 is 5.32 Å². The van der Waals surface area contributed by atoms with E-state index in [9.17, 15) is 4.79 Å². The second-order valence-corrected chi connectivity index (χ2v) is 5.15. The number of likely N-dealkylation sites (N-methyl/N-ethyl adjacent to an activating group) is 1. The summed E-state index contributed by atoms with van der Waals surface area (Å²) >= 11 is 0. The number of fused-ring (bicyclic) bond motifs is 1. The highest BCUT2D eigenvalue weighted by Crippen LogP contribution is 2.22. The van der Waals surface area contributed by atoms with Crippen LogP contribution in [-0.4, -0.2) is 40.8 Å². The number of rotatable bonds is 3. The number of amides is 1. The monoisotopic (exact) mass is 274 g/mol. The van der Waals surface area contributed by atoms with E-state index in [1.165, 1.54) is 0 Å². The molecule has 0 unspecified atom stereocenters. The summed E-state index contributed by atoms with van der Waals surface area (Å²) in [5.41, 5.74) is 2.60. The van der Waals surface area contributed by atoms with Gasteiger partial charge in [-0.25, -0.2) is 4.63 Å². The summed E-state index contributed by atoms with van der Waals surface area (Å²) in [7, 11) is 1.69. The van der Waals surface area contributed by atoms with Gasteiger partial charge in [0.05, 0.1) is 6.04 Å². The molecule has 1 saturated heterocycles. The maximum Gasteiger partial charge on any atom is 0.237 e. The summed E-state index contributed by atoms with van der Waals surface area (Å²) in [6.45, 7) is 1.63. The van der Waals surface area contributed by atoms with Crippen molar-refractivity contribution in [2.24, 2.45) is 0 Å². The summed E-state index contributed by atoms with van der Waals surface area (Å²) in [6, 6.07) is 5.79. The molecule has 2 heterocycles. The summed E-state index contributed by atoms with van der Waals surface area (Å²) in [5, 5.41) is 10.6. The smallest absolute Gasteiger partial charge is 0.237 e. The number of hydrogen-bond acceptors (Lipinski definition) is 5. The molecule has 3 rings (SSSR count). The van der Waals surface area contributed by atoms with Crippen LogP contribution in [0.2, 0.25) is 0 Å². The summed E-state index contributed by atoms with van der Waals surface area (Å²) < 4.78 is 4.79. The third-order valence-corrected chi connectivity index (χ3v) is 3.91. The van der Waals surface area contributed by atoms with Gasteiger partial charge in [0.25, 0.3) is 0 Å². The van der Waals surface area contributed by atoms with Crippen molar-refractivity contribution in [1.82, 2.24) is 20.5 Å². The molecule has 0 aliphatic carbocycles. The number of carbonyl (C=O) groups excluding carboxylic acids is 1. The number of piperidine rings is 1. The molecule has 6 heteroatoms. The Morgan fingerprint density at radius 1 is 1.45 bits per heavy atom. The highest BCUT2D eigenvalue weighted by molar-refractivity contribution is 5.81. The molecule has 0 spiro atoms. The first kappa shape index (κ1) is 13.1. The van der Waals surface area contributed by atoms with Gasteiger partial charge < -0.3 is 5.32 Å². The van der Waals surface area contributed by atoms with Crippen LogP contribution in [-0.2, 0) is 11.3 Å². The normalized spacial score (nSPS) is 20.1. The lowest BCUT2D eigenvalue weighted by Crippen LogP contribution is -2.48. The van der Waals surface area contributed by atoms with Crippen molar-refractivity contribution in [3.8, 4) is 0 Å². The Balaban J connectivity index is 1.84. The van der Waals surface area contributed by atoms with Crippen molar-refractivity contribution >= 4 is 16.9 Å². The van der Waals surface area contributed by atoms with Gasteiger partial charge in [-0.15, -0.1) is 0 Å². The van der Waals surface area contributed by atoms with Crippen LogP contribution in [0.1, 0.15) is 24.8 Å². The maximum absolute atomic E-state index is 12.0. The van der Waals surface area contributed by atoms with Crippen LogP contribution in [0, 0.1) is 0 Å². The molecule has 1 N–H and O–H groups in total. The third-order valence-electron chi connectivity index (χ3n) is 3.91. The van der Waals surface area contributed by atoms with Crippen LogP contribution in [0.5, 0.6) is 0 Å². The minimum atomic E-state index is -0.0520. The predicted molar refractivity (Wildman–Crippen MR) is 73.9 cm³/mol.